The van der Waals surface area contributed by atoms with Crippen LogP contribution in [0.1, 0.15) is 22.0 Å². The minimum Gasteiger partial charge on any atom is -0.479 e. The molecule has 0 spiro atoms. The van der Waals surface area contributed by atoms with Gasteiger partial charge in [-0.05, 0) is 33.6 Å². The molecular weight excluding hydrogens is 358 g/mol. The highest BCUT2D eigenvalue weighted by molar-refractivity contribution is 9.10. The van der Waals surface area contributed by atoms with Crippen LogP contribution in [0.5, 0.6) is 0 Å². The van der Waals surface area contributed by atoms with E-state index in [1.54, 1.807) is 42.5 Å². The maximum atomic E-state index is 12.2. The lowest BCUT2D eigenvalue weighted by molar-refractivity contribution is -0.139. The minimum atomic E-state index is -1.14. The number of hydrogen-bond donors (Lipinski definition) is 2. The highest BCUT2D eigenvalue weighted by Crippen LogP contribution is 2.26. The van der Waals surface area contributed by atoms with Crippen LogP contribution in [0.2, 0.25) is 5.02 Å². The fraction of sp³-hybridized carbons (Fsp3) is 0.0667. The summed E-state index contributed by atoms with van der Waals surface area (Å²) in [6.45, 7) is 0. The van der Waals surface area contributed by atoms with Gasteiger partial charge >= 0.3 is 5.97 Å². The summed E-state index contributed by atoms with van der Waals surface area (Å²) in [6.07, 6.45) is 0. The summed E-state index contributed by atoms with van der Waals surface area (Å²) in [7, 11) is 0. The molecule has 0 saturated carbocycles. The summed E-state index contributed by atoms with van der Waals surface area (Å²) >= 11 is 9.27. The summed E-state index contributed by atoms with van der Waals surface area (Å²) < 4.78 is 0.573. The largest absolute Gasteiger partial charge is 0.479 e. The van der Waals surface area contributed by atoms with Gasteiger partial charge in [-0.1, -0.05) is 48.0 Å². The Morgan fingerprint density at radius 2 is 1.76 bits per heavy atom. The first kappa shape index (κ1) is 15.5. The van der Waals surface area contributed by atoms with Gasteiger partial charge in [-0.25, -0.2) is 4.79 Å². The molecule has 0 unspecified atom stereocenters. The third kappa shape index (κ3) is 3.62. The molecule has 2 aromatic rings. The Kier molecular flexibility index (Phi) is 4.98. The number of carbonyl (C=O) groups excluding carboxylic acids is 1. The molecule has 1 atom stereocenters. The average molecular weight is 369 g/mol. The van der Waals surface area contributed by atoms with E-state index in [-0.39, 0.29) is 10.6 Å². The standard InChI is InChI=1S/C15H11BrClNO3/c16-11-8-4-7-10(12(11)17)14(19)18-13(15(20)21)9-5-2-1-3-6-9/h1-8,13H,(H,18,19)(H,20,21)/t13-/m0/s1. The fourth-order valence-corrected chi connectivity index (χ4v) is 2.40. The minimum absolute atomic E-state index is 0.216. The maximum absolute atomic E-state index is 12.2. The van der Waals surface area contributed by atoms with Crippen molar-refractivity contribution in [3.63, 3.8) is 0 Å². The number of aliphatic carboxylic acids is 1. The van der Waals surface area contributed by atoms with Gasteiger partial charge in [0.2, 0.25) is 0 Å². The average Bonchev–Trinajstić information content (AvgIpc) is 2.48. The lowest BCUT2D eigenvalue weighted by Gasteiger charge is -2.15. The Hall–Kier alpha value is -1.85. The maximum Gasteiger partial charge on any atom is 0.330 e. The van der Waals surface area contributed by atoms with Crippen molar-refractivity contribution in [1.82, 2.24) is 5.32 Å². The Balaban J connectivity index is 2.28. The molecule has 6 heteroatoms. The van der Waals surface area contributed by atoms with Crippen LogP contribution in [0.25, 0.3) is 0 Å². The van der Waals surface area contributed by atoms with Gasteiger partial charge in [0.25, 0.3) is 5.91 Å². The quantitative estimate of drug-likeness (QED) is 0.865. The molecule has 21 heavy (non-hydrogen) atoms. The summed E-state index contributed by atoms with van der Waals surface area (Å²) in [5.41, 5.74) is 0.706. The SMILES string of the molecule is O=C(N[C@H](C(=O)O)c1ccccc1)c1cccc(Br)c1Cl. The lowest BCUT2D eigenvalue weighted by Crippen LogP contribution is -2.33. The third-order valence-electron chi connectivity index (χ3n) is 2.85. The fourth-order valence-electron chi connectivity index (χ4n) is 1.82. The first-order chi connectivity index (χ1) is 10.0. The first-order valence-corrected chi connectivity index (χ1v) is 7.20. The number of nitrogens with one attached hydrogen (secondary N) is 1. The first-order valence-electron chi connectivity index (χ1n) is 6.03. The number of amides is 1. The molecule has 2 rings (SSSR count). The Labute approximate surface area is 134 Å². The van der Waals surface area contributed by atoms with Crippen LogP contribution in [-0.2, 0) is 4.79 Å². The molecule has 0 bridgehead atoms. The van der Waals surface area contributed by atoms with Crippen LogP contribution < -0.4 is 5.32 Å². The van der Waals surface area contributed by atoms with Crippen molar-refractivity contribution in [2.75, 3.05) is 0 Å². The molecule has 0 aliphatic carbocycles. The molecule has 108 valence electrons. The normalized spacial score (nSPS) is 11.7. The second-order valence-electron chi connectivity index (χ2n) is 4.26. The number of benzene rings is 2. The van der Waals surface area contributed by atoms with Gasteiger partial charge in [0.15, 0.2) is 6.04 Å². The molecular formula is C15H11BrClNO3. The molecule has 0 aliphatic rings. The Bertz CT molecular complexity index is 676. The lowest BCUT2D eigenvalue weighted by atomic mass is 10.1. The van der Waals surface area contributed by atoms with E-state index in [1.807, 2.05) is 0 Å². The number of rotatable bonds is 4. The van der Waals surface area contributed by atoms with Crippen molar-refractivity contribution in [2.24, 2.45) is 0 Å². The Morgan fingerprint density at radius 3 is 2.38 bits per heavy atom. The van der Waals surface area contributed by atoms with Gasteiger partial charge in [0.05, 0.1) is 10.6 Å². The van der Waals surface area contributed by atoms with E-state index >= 15 is 0 Å². The van der Waals surface area contributed by atoms with Gasteiger partial charge in [0, 0.05) is 4.47 Å². The number of carbonyl (C=O) groups is 2. The predicted octanol–water partition coefficient (Wildman–Crippen LogP) is 3.66. The van der Waals surface area contributed by atoms with Gasteiger partial charge in [-0.15, -0.1) is 0 Å². The van der Waals surface area contributed by atoms with Crippen LogP contribution in [0.15, 0.2) is 53.0 Å². The van der Waals surface area contributed by atoms with Crippen LogP contribution >= 0.6 is 27.5 Å². The van der Waals surface area contributed by atoms with Crippen LogP contribution in [-0.4, -0.2) is 17.0 Å². The van der Waals surface area contributed by atoms with Gasteiger partial charge in [-0.3, -0.25) is 4.79 Å². The monoisotopic (exact) mass is 367 g/mol. The zero-order chi connectivity index (χ0) is 15.4. The second-order valence-corrected chi connectivity index (χ2v) is 5.49. The van der Waals surface area contributed by atoms with Crippen LogP contribution in [0, 0.1) is 0 Å². The predicted molar refractivity (Wildman–Crippen MR) is 83.4 cm³/mol. The summed E-state index contributed by atoms with van der Waals surface area (Å²) in [5, 5.41) is 12.0. The van der Waals surface area contributed by atoms with E-state index < -0.39 is 17.9 Å². The van der Waals surface area contributed by atoms with Gasteiger partial charge in [-0.2, -0.15) is 0 Å². The van der Waals surface area contributed by atoms with Crippen molar-refractivity contribution < 1.29 is 14.7 Å². The number of carboxylic acids is 1. The number of halogens is 2. The zero-order valence-corrected chi connectivity index (χ0v) is 13.1. The van der Waals surface area contributed by atoms with E-state index in [2.05, 4.69) is 21.2 Å². The highest BCUT2D eigenvalue weighted by Gasteiger charge is 2.23. The molecule has 1 amide bonds. The Morgan fingerprint density at radius 1 is 1.10 bits per heavy atom. The molecule has 0 aliphatic heterocycles. The van der Waals surface area contributed by atoms with Crippen molar-refractivity contribution >= 4 is 39.4 Å². The second kappa shape index (κ2) is 6.74. The summed E-state index contributed by atoms with van der Waals surface area (Å²) in [5.74, 6) is -1.68. The third-order valence-corrected chi connectivity index (χ3v) is 4.15. The molecule has 2 aromatic carbocycles. The van der Waals surface area contributed by atoms with Gasteiger partial charge < -0.3 is 10.4 Å². The van der Waals surface area contributed by atoms with E-state index in [9.17, 15) is 14.7 Å². The summed E-state index contributed by atoms with van der Waals surface area (Å²) in [6, 6.07) is 12.2. The van der Waals surface area contributed by atoms with Crippen molar-refractivity contribution in [3.8, 4) is 0 Å². The van der Waals surface area contributed by atoms with E-state index in [0.29, 0.717) is 10.0 Å². The molecule has 0 aromatic heterocycles. The smallest absolute Gasteiger partial charge is 0.330 e. The van der Waals surface area contributed by atoms with Crippen LogP contribution in [0.3, 0.4) is 0 Å². The molecule has 4 nitrogen and oxygen atoms in total. The van der Waals surface area contributed by atoms with Crippen molar-refractivity contribution in [2.45, 2.75) is 6.04 Å². The van der Waals surface area contributed by atoms with Crippen molar-refractivity contribution in [3.05, 3.63) is 69.2 Å². The zero-order valence-electron chi connectivity index (χ0n) is 10.7. The van der Waals surface area contributed by atoms with Gasteiger partial charge in [0.1, 0.15) is 0 Å². The topological polar surface area (TPSA) is 66.4 Å². The molecule has 2 N–H and O–H groups in total. The van der Waals surface area contributed by atoms with Crippen LogP contribution in [0.4, 0.5) is 0 Å². The van der Waals surface area contributed by atoms with Crippen molar-refractivity contribution in [1.29, 1.82) is 0 Å². The molecule has 0 radical (unpaired) electrons. The molecule has 0 saturated heterocycles. The molecule has 0 heterocycles. The number of hydrogen-bond acceptors (Lipinski definition) is 2. The number of carboxylic acid groups (broad SMARTS) is 1. The van der Waals surface area contributed by atoms with E-state index in [1.165, 1.54) is 6.07 Å². The van der Waals surface area contributed by atoms with E-state index in [0.717, 1.165) is 0 Å². The highest BCUT2D eigenvalue weighted by atomic mass is 79.9. The summed E-state index contributed by atoms with van der Waals surface area (Å²) in [4.78, 5) is 23.6. The molecule has 0 fully saturated rings. The van der Waals surface area contributed by atoms with E-state index in [4.69, 9.17) is 11.6 Å².